The number of thioether (sulfide) groups is 1. The third kappa shape index (κ3) is 4.03. The molecule has 0 aliphatic rings. The molecule has 2 heterocycles. The smallest absolute Gasteiger partial charge is 0.280 e. The van der Waals surface area contributed by atoms with Gasteiger partial charge in [-0.1, -0.05) is 53.7 Å². The van der Waals surface area contributed by atoms with E-state index in [2.05, 4.69) is 36.3 Å². The zero-order valence-corrected chi connectivity index (χ0v) is 18.0. The molecular weight excluding hydrogens is 399 g/mol. The fourth-order valence-electron chi connectivity index (χ4n) is 3.37. The number of aryl methyl sites for hydroxylation is 3. The van der Waals surface area contributed by atoms with Gasteiger partial charge in [0.05, 0.1) is 12.2 Å². The average Bonchev–Trinajstić information content (AvgIpc) is 3.07. The van der Waals surface area contributed by atoms with E-state index in [0.29, 0.717) is 35.0 Å². The minimum atomic E-state index is -0.298. The summed E-state index contributed by atoms with van der Waals surface area (Å²) in [6, 6.07) is 14.5. The third-order valence-corrected chi connectivity index (χ3v) is 6.07. The van der Waals surface area contributed by atoms with Crippen molar-refractivity contribution in [1.82, 2.24) is 19.3 Å². The van der Waals surface area contributed by atoms with Gasteiger partial charge in [0.2, 0.25) is 0 Å². The molecule has 30 heavy (non-hydrogen) atoms. The first-order valence-corrected chi connectivity index (χ1v) is 10.9. The van der Waals surface area contributed by atoms with Crippen LogP contribution < -0.4 is 5.56 Å². The van der Waals surface area contributed by atoms with Crippen LogP contribution in [0, 0.1) is 19.7 Å². The van der Waals surface area contributed by atoms with Gasteiger partial charge in [0.25, 0.3) is 5.56 Å². The Balaban J connectivity index is 1.79. The van der Waals surface area contributed by atoms with Gasteiger partial charge in [-0.2, -0.15) is 5.10 Å². The molecule has 0 aliphatic carbocycles. The number of rotatable bonds is 6. The molecule has 0 radical (unpaired) electrons. The summed E-state index contributed by atoms with van der Waals surface area (Å²) in [5.41, 5.74) is 4.98. The monoisotopic (exact) mass is 422 g/mol. The Morgan fingerprint density at radius 1 is 1.00 bits per heavy atom. The number of fused-ring (bicyclic) bond motifs is 1. The Bertz CT molecular complexity index is 1240. The van der Waals surface area contributed by atoms with Crippen LogP contribution in [0.3, 0.4) is 0 Å². The van der Waals surface area contributed by atoms with E-state index in [0.717, 1.165) is 16.8 Å². The molecule has 0 amide bonds. The van der Waals surface area contributed by atoms with E-state index in [1.807, 2.05) is 13.8 Å². The standard InChI is InChI=1S/C23H23FN4OS/c1-4-28-21-20(16(3)26-28)25-23(30-14-18-7-5-15(2)6-8-18)27(22(21)29)13-17-9-11-19(24)12-10-17/h5-12H,4,13-14H2,1-3H3. The zero-order valence-electron chi connectivity index (χ0n) is 17.2. The first-order valence-electron chi connectivity index (χ1n) is 9.87. The predicted octanol–water partition coefficient (Wildman–Crippen LogP) is 4.71. The topological polar surface area (TPSA) is 52.7 Å². The third-order valence-electron chi connectivity index (χ3n) is 5.02. The molecule has 4 aromatic rings. The SMILES string of the molecule is CCn1nc(C)c2nc(SCc3ccc(C)cc3)n(Cc3ccc(F)cc3)c(=O)c21. The van der Waals surface area contributed by atoms with Gasteiger partial charge in [0.15, 0.2) is 10.7 Å². The summed E-state index contributed by atoms with van der Waals surface area (Å²) in [4.78, 5) is 18.3. The summed E-state index contributed by atoms with van der Waals surface area (Å²) < 4.78 is 16.7. The van der Waals surface area contributed by atoms with Crippen molar-refractivity contribution in [3.05, 3.63) is 87.1 Å². The van der Waals surface area contributed by atoms with Crippen molar-refractivity contribution in [2.75, 3.05) is 0 Å². The minimum absolute atomic E-state index is 0.127. The first kappa shape index (κ1) is 20.3. The number of nitrogens with zero attached hydrogens (tertiary/aromatic N) is 4. The number of halogens is 1. The Morgan fingerprint density at radius 3 is 2.33 bits per heavy atom. The molecule has 154 valence electrons. The first-order chi connectivity index (χ1) is 14.5. The van der Waals surface area contributed by atoms with Crippen LogP contribution in [-0.4, -0.2) is 19.3 Å². The number of benzene rings is 2. The van der Waals surface area contributed by atoms with Crippen LogP contribution in [0.25, 0.3) is 11.0 Å². The molecule has 2 aromatic carbocycles. The van der Waals surface area contributed by atoms with Gasteiger partial charge >= 0.3 is 0 Å². The van der Waals surface area contributed by atoms with Gasteiger partial charge in [-0.05, 0) is 44.0 Å². The maximum Gasteiger partial charge on any atom is 0.280 e. The van der Waals surface area contributed by atoms with Crippen LogP contribution in [0.4, 0.5) is 4.39 Å². The van der Waals surface area contributed by atoms with Gasteiger partial charge in [-0.15, -0.1) is 0 Å². The maximum atomic E-state index is 13.4. The van der Waals surface area contributed by atoms with E-state index in [9.17, 15) is 9.18 Å². The van der Waals surface area contributed by atoms with Crippen molar-refractivity contribution in [2.24, 2.45) is 0 Å². The van der Waals surface area contributed by atoms with E-state index in [1.54, 1.807) is 21.4 Å². The zero-order chi connectivity index (χ0) is 21.3. The molecule has 0 unspecified atom stereocenters. The van der Waals surface area contributed by atoms with Crippen molar-refractivity contribution in [2.45, 2.75) is 44.8 Å². The van der Waals surface area contributed by atoms with E-state index in [-0.39, 0.29) is 11.4 Å². The molecule has 0 atom stereocenters. The van der Waals surface area contributed by atoms with Gasteiger partial charge in [-0.25, -0.2) is 9.37 Å². The molecule has 7 heteroatoms. The highest BCUT2D eigenvalue weighted by atomic mass is 32.2. The molecule has 0 aliphatic heterocycles. The summed E-state index contributed by atoms with van der Waals surface area (Å²) in [5, 5.41) is 5.12. The summed E-state index contributed by atoms with van der Waals surface area (Å²) >= 11 is 1.52. The lowest BCUT2D eigenvalue weighted by molar-refractivity contribution is 0.620. The van der Waals surface area contributed by atoms with Gasteiger partial charge < -0.3 is 0 Å². The molecule has 4 rings (SSSR count). The van der Waals surface area contributed by atoms with Crippen LogP contribution in [0.15, 0.2) is 58.5 Å². The van der Waals surface area contributed by atoms with Crippen molar-refractivity contribution in [1.29, 1.82) is 0 Å². The van der Waals surface area contributed by atoms with E-state index in [4.69, 9.17) is 4.98 Å². The Labute approximate surface area is 178 Å². The number of hydrogen-bond donors (Lipinski definition) is 0. The maximum absolute atomic E-state index is 13.4. The predicted molar refractivity (Wildman–Crippen MR) is 118 cm³/mol. The van der Waals surface area contributed by atoms with Gasteiger partial charge in [0.1, 0.15) is 11.3 Å². The lowest BCUT2D eigenvalue weighted by atomic mass is 10.2. The van der Waals surface area contributed by atoms with Crippen LogP contribution >= 0.6 is 11.8 Å². The Morgan fingerprint density at radius 2 is 1.67 bits per heavy atom. The Kier molecular flexibility index (Phi) is 5.72. The summed E-state index contributed by atoms with van der Waals surface area (Å²) in [5.74, 6) is 0.399. The molecular formula is C23H23FN4OS. The molecule has 0 spiro atoms. The number of hydrogen-bond acceptors (Lipinski definition) is 4. The average molecular weight is 423 g/mol. The van der Waals surface area contributed by atoms with E-state index in [1.165, 1.54) is 29.5 Å². The molecule has 0 saturated carbocycles. The van der Waals surface area contributed by atoms with Gasteiger partial charge in [0, 0.05) is 12.3 Å². The fraction of sp³-hybridized carbons (Fsp3) is 0.261. The lowest BCUT2D eigenvalue weighted by Crippen LogP contribution is -2.25. The second-order valence-corrected chi connectivity index (χ2v) is 8.23. The second-order valence-electron chi connectivity index (χ2n) is 7.28. The summed E-state index contributed by atoms with van der Waals surface area (Å²) in [7, 11) is 0. The van der Waals surface area contributed by atoms with Crippen molar-refractivity contribution < 1.29 is 4.39 Å². The van der Waals surface area contributed by atoms with Crippen LogP contribution in [0.2, 0.25) is 0 Å². The number of aromatic nitrogens is 4. The van der Waals surface area contributed by atoms with Crippen LogP contribution in [-0.2, 0) is 18.8 Å². The largest absolute Gasteiger partial charge is 0.281 e. The summed E-state index contributed by atoms with van der Waals surface area (Å²) in [6.07, 6.45) is 0. The highest BCUT2D eigenvalue weighted by Gasteiger charge is 2.18. The van der Waals surface area contributed by atoms with Gasteiger partial charge in [-0.3, -0.25) is 14.0 Å². The molecule has 0 bridgehead atoms. The fourth-order valence-corrected chi connectivity index (χ4v) is 4.32. The van der Waals surface area contributed by atoms with E-state index >= 15 is 0 Å². The van der Waals surface area contributed by atoms with Crippen molar-refractivity contribution in [3.8, 4) is 0 Å². The Hall–Kier alpha value is -2.93. The lowest BCUT2D eigenvalue weighted by Gasteiger charge is -2.13. The van der Waals surface area contributed by atoms with Crippen LogP contribution in [0.1, 0.15) is 29.3 Å². The molecule has 2 aromatic heterocycles. The normalized spacial score (nSPS) is 11.3. The summed E-state index contributed by atoms with van der Waals surface area (Å²) in [6.45, 7) is 6.80. The molecule has 0 N–H and O–H groups in total. The van der Waals surface area contributed by atoms with Crippen molar-refractivity contribution >= 4 is 22.8 Å². The highest BCUT2D eigenvalue weighted by Crippen LogP contribution is 2.24. The highest BCUT2D eigenvalue weighted by molar-refractivity contribution is 7.98. The van der Waals surface area contributed by atoms with Crippen molar-refractivity contribution in [3.63, 3.8) is 0 Å². The van der Waals surface area contributed by atoms with Crippen LogP contribution in [0.5, 0.6) is 0 Å². The van der Waals surface area contributed by atoms with E-state index < -0.39 is 0 Å². The molecule has 0 fully saturated rings. The quantitative estimate of drug-likeness (QED) is 0.334. The second kappa shape index (κ2) is 8.44. The molecule has 0 saturated heterocycles. The molecule has 5 nitrogen and oxygen atoms in total. The minimum Gasteiger partial charge on any atom is -0.281 e.